The third-order valence-corrected chi connectivity index (χ3v) is 4.16. The fraction of sp³-hybridized carbons (Fsp3) is 0.500. The maximum atomic E-state index is 12.3. The maximum absolute atomic E-state index is 12.3. The number of aromatic nitrogens is 1. The molecule has 1 aromatic heterocycles. The zero-order chi connectivity index (χ0) is 14.3. The molecule has 2 aliphatic rings. The smallest absolute Gasteiger partial charge is 0.307 e. The molecule has 0 radical (unpaired) electrons. The Kier molecular flexibility index (Phi) is 3.08. The van der Waals surface area contributed by atoms with Crippen molar-refractivity contribution in [3.63, 3.8) is 0 Å². The monoisotopic (exact) mass is 276 g/mol. The molecule has 6 heteroatoms. The summed E-state index contributed by atoms with van der Waals surface area (Å²) in [6.45, 7) is 2.04. The Bertz CT molecular complexity index is 577. The molecule has 1 saturated carbocycles. The Morgan fingerprint density at radius 3 is 2.70 bits per heavy atom. The second-order valence-corrected chi connectivity index (χ2v) is 5.49. The number of carboxylic acids is 1. The summed E-state index contributed by atoms with van der Waals surface area (Å²) >= 11 is 0. The summed E-state index contributed by atoms with van der Waals surface area (Å²) in [5.41, 5.74) is 0.750. The van der Waals surface area contributed by atoms with E-state index >= 15 is 0 Å². The Morgan fingerprint density at radius 1 is 1.40 bits per heavy atom. The van der Waals surface area contributed by atoms with E-state index in [0.29, 0.717) is 5.76 Å². The Morgan fingerprint density at radius 2 is 2.10 bits per heavy atom. The third-order valence-electron chi connectivity index (χ3n) is 4.16. The van der Waals surface area contributed by atoms with Gasteiger partial charge in [-0.1, -0.05) is 17.3 Å². The predicted octanol–water partition coefficient (Wildman–Crippen LogP) is 1.12. The van der Waals surface area contributed by atoms with Crippen molar-refractivity contribution in [1.29, 1.82) is 0 Å². The number of hydrogen-bond donors (Lipinski definition) is 2. The van der Waals surface area contributed by atoms with Crippen molar-refractivity contribution in [3.8, 4) is 0 Å². The van der Waals surface area contributed by atoms with Crippen LogP contribution in [0.25, 0.3) is 0 Å². The van der Waals surface area contributed by atoms with E-state index in [1.165, 1.54) is 0 Å². The fourth-order valence-corrected chi connectivity index (χ4v) is 3.31. The van der Waals surface area contributed by atoms with Crippen molar-refractivity contribution in [2.24, 2.45) is 23.7 Å². The molecule has 2 N–H and O–H groups in total. The van der Waals surface area contributed by atoms with Crippen LogP contribution in [0.2, 0.25) is 0 Å². The number of carboxylic acid groups (broad SMARTS) is 1. The van der Waals surface area contributed by atoms with E-state index in [1.807, 2.05) is 12.2 Å². The number of fused-ring (bicyclic) bond motifs is 2. The van der Waals surface area contributed by atoms with Gasteiger partial charge in [-0.15, -0.1) is 0 Å². The summed E-state index contributed by atoms with van der Waals surface area (Å²) in [6.07, 6.45) is 4.65. The van der Waals surface area contributed by atoms with Gasteiger partial charge in [-0.05, 0) is 25.2 Å². The predicted molar refractivity (Wildman–Crippen MR) is 68.4 cm³/mol. The largest absolute Gasteiger partial charge is 0.481 e. The van der Waals surface area contributed by atoms with Gasteiger partial charge in [0.25, 0.3) is 0 Å². The molecule has 0 saturated heterocycles. The van der Waals surface area contributed by atoms with Crippen molar-refractivity contribution < 1.29 is 19.2 Å². The van der Waals surface area contributed by atoms with E-state index in [9.17, 15) is 14.7 Å². The summed E-state index contributed by atoms with van der Waals surface area (Å²) in [4.78, 5) is 23.6. The number of amides is 1. The molecule has 1 heterocycles. The lowest BCUT2D eigenvalue weighted by Gasteiger charge is -2.23. The van der Waals surface area contributed by atoms with E-state index in [1.54, 1.807) is 13.0 Å². The molecule has 6 nitrogen and oxygen atoms in total. The van der Waals surface area contributed by atoms with Crippen LogP contribution in [0.1, 0.15) is 17.9 Å². The highest BCUT2D eigenvalue weighted by atomic mass is 16.5. The highest BCUT2D eigenvalue weighted by Gasteiger charge is 2.51. The summed E-state index contributed by atoms with van der Waals surface area (Å²) in [5.74, 6) is -1.60. The van der Waals surface area contributed by atoms with Crippen LogP contribution in [0, 0.1) is 30.6 Å². The molecule has 3 rings (SSSR count). The van der Waals surface area contributed by atoms with Crippen LogP contribution in [-0.2, 0) is 16.1 Å². The minimum atomic E-state index is -0.891. The lowest BCUT2D eigenvalue weighted by molar-refractivity contribution is -0.147. The van der Waals surface area contributed by atoms with Crippen LogP contribution < -0.4 is 5.32 Å². The van der Waals surface area contributed by atoms with Crippen LogP contribution in [0.3, 0.4) is 0 Å². The van der Waals surface area contributed by atoms with E-state index in [-0.39, 0.29) is 24.3 Å². The molecule has 0 aliphatic heterocycles. The summed E-state index contributed by atoms with van der Waals surface area (Å²) < 4.78 is 5.02. The van der Waals surface area contributed by atoms with Gasteiger partial charge in [0.15, 0.2) is 5.76 Å². The van der Waals surface area contributed by atoms with Crippen molar-refractivity contribution >= 4 is 11.9 Å². The number of carbonyl (C=O) groups excluding carboxylic acids is 1. The second-order valence-electron chi connectivity index (χ2n) is 5.49. The number of carbonyl (C=O) groups is 2. The molecule has 1 aromatic rings. The summed E-state index contributed by atoms with van der Waals surface area (Å²) in [5, 5.41) is 15.8. The zero-order valence-electron chi connectivity index (χ0n) is 11.1. The molecule has 4 atom stereocenters. The Labute approximate surface area is 115 Å². The van der Waals surface area contributed by atoms with Gasteiger partial charge in [-0.3, -0.25) is 9.59 Å². The first-order valence-electron chi connectivity index (χ1n) is 6.67. The number of nitrogens with zero attached hydrogens (tertiary/aromatic N) is 1. The van der Waals surface area contributed by atoms with Gasteiger partial charge in [-0.2, -0.15) is 0 Å². The summed E-state index contributed by atoms with van der Waals surface area (Å²) in [7, 11) is 0. The second kappa shape index (κ2) is 4.77. The molecule has 1 amide bonds. The van der Waals surface area contributed by atoms with Gasteiger partial charge < -0.3 is 14.9 Å². The average molecular weight is 276 g/mol. The van der Waals surface area contributed by atoms with Gasteiger partial charge in [0.1, 0.15) is 0 Å². The number of hydrogen-bond acceptors (Lipinski definition) is 4. The van der Waals surface area contributed by atoms with Crippen LogP contribution in [0.5, 0.6) is 0 Å². The average Bonchev–Trinajstić information content (AvgIpc) is 3.10. The van der Waals surface area contributed by atoms with Crippen molar-refractivity contribution in [2.45, 2.75) is 19.9 Å². The molecule has 2 bridgehead atoms. The van der Waals surface area contributed by atoms with Crippen LogP contribution >= 0.6 is 0 Å². The van der Waals surface area contributed by atoms with E-state index in [4.69, 9.17) is 4.52 Å². The molecular weight excluding hydrogens is 260 g/mol. The van der Waals surface area contributed by atoms with Gasteiger partial charge in [0.05, 0.1) is 24.1 Å². The number of aryl methyl sites for hydroxylation is 1. The van der Waals surface area contributed by atoms with Crippen molar-refractivity contribution in [3.05, 3.63) is 29.7 Å². The van der Waals surface area contributed by atoms with Crippen molar-refractivity contribution in [2.75, 3.05) is 0 Å². The zero-order valence-corrected chi connectivity index (χ0v) is 11.1. The Balaban J connectivity index is 1.67. The van der Waals surface area contributed by atoms with E-state index < -0.39 is 17.8 Å². The number of rotatable bonds is 4. The Hall–Kier alpha value is -2.11. The SMILES string of the molecule is Cc1cc(CNC(=O)[C@H]2C3C=CC(C3)[C@H]2C(=O)O)on1. The quantitative estimate of drug-likeness (QED) is 0.804. The van der Waals surface area contributed by atoms with Gasteiger partial charge >= 0.3 is 5.97 Å². The van der Waals surface area contributed by atoms with Crippen LogP contribution in [0.15, 0.2) is 22.7 Å². The lowest BCUT2D eigenvalue weighted by Crippen LogP contribution is -2.39. The van der Waals surface area contributed by atoms with E-state index in [2.05, 4.69) is 10.5 Å². The van der Waals surface area contributed by atoms with Gasteiger partial charge in [0.2, 0.25) is 5.91 Å². The number of allylic oxidation sites excluding steroid dienone is 2. The van der Waals surface area contributed by atoms with Crippen molar-refractivity contribution in [1.82, 2.24) is 10.5 Å². The van der Waals surface area contributed by atoms with Crippen LogP contribution in [0.4, 0.5) is 0 Å². The first-order valence-corrected chi connectivity index (χ1v) is 6.67. The molecular formula is C14H16N2O4. The number of nitrogens with one attached hydrogen (secondary N) is 1. The normalized spacial score (nSPS) is 30.6. The molecule has 2 aliphatic carbocycles. The lowest BCUT2D eigenvalue weighted by atomic mass is 9.82. The first kappa shape index (κ1) is 12.9. The molecule has 1 fully saturated rings. The third kappa shape index (κ3) is 2.11. The maximum Gasteiger partial charge on any atom is 0.307 e. The molecule has 2 unspecified atom stereocenters. The molecule has 106 valence electrons. The topological polar surface area (TPSA) is 92.4 Å². The number of aliphatic carboxylic acids is 1. The highest BCUT2D eigenvalue weighted by molar-refractivity contribution is 5.86. The fourth-order valence-electron chi connectivity index (χ4n) is 3.31. The molecule has 0 aromatic carbocycles. The molecule has 0 spiro atoms. The first-order chi connectivity index (χ1) is 9.56. The van der Waals surface area contributed by atoms with Gasteiger partial charge in [-0.25, -0.2) is 0 Å². The minimum Gasteiger partial charge on any atom is -0.481 e. The van der Waals surface area contributed by atoms with E-state index in [0.717, 1.165) is 12.1 Å². The summed E-state index contributed by atoms with van der Waals surface area (Å²) in [6, 6.07) is 1.75. The highest BCUT2D eigenvalue weighted by Crippen LogP contribution is 2.48. The minimum absolute atomic E-state index is 0.0132. The molecule has 20 heavy (non-hydrogen) atoms. The van der Waals surface area contributed by atoms with Crippen LogP contribution in [-0.4, -0.2) is 22.1 Å². The van der Waals surface area contributed by atoms with Gasteiger partial charge in [0, 0.05) is 6.07 Å². The standard InChI is InChI=1S/C14H16N2O4/c1-7-4-10(20-16-7)6-15-13(17)11-8-2-3-9(5-8)12(11)14(18)19/h2-4,8-9,11-12H,5-6H2,1H3,(H,15,17)(H,18,19)/t8?,9?,11-,12+/m0/s1.